The Labute approximate surface area is 149 Å². The summed E-state index contributed by atoms with van der Waals surface area (Å²) in [6.07, 6.45) is 0.203. The quantitative estimate of drug-likeness (QED) is 0.213. The number of hydrogen-bond donors (Lipinski definition) is 6. The fraction of sp³-hybridized carbons (Fsp3) is 0.867. The number of likely N-dealkylation sites (tertiary alicyclic amines) is 1. The summed E-state index contributed by atoms with van der Waals surface area (Å²) in [4.78, 5) is 25.8. The van der Waals surface area contributed by atoms with Gasteiger partial charge in [0.15, 0.2) is 0 Å². The molecule has 7 N–H and O–H groups in total. The van der Waals surface area contributed by atoms with E-state index in [4.69, 9.17) is 5.73 Å². The van der Waals surface area contributed by atoms with Crippen molar-refractivity contribution in [1.82, 2.24) is 15.5 Å². The lowest BCUT2D eigenvalue weighted by atomic mass is 9.73. The van der Waals surface area contributed by atoms with E-state index in [2.05, 4.69) is 10.6 Å². The van der Waals surface area contributed by atoms with Crippen LogP contribution in [0.1, 0.15) is 40.5 Å². The van der Waals surface area contributed by atoms with Crippen molar-refractivity contribution in [2.75, 3.05) is 6.54 Å². The second-order valence-corrected chi connectivity index (χ2v) is 7.06. The van der Waals surface area contributed by atoms with E-state index in [1.807, 2.05) is 0 Å². The van der Waals surface area contributed by atoms with E-state index in [1.165, 1.54) is 11.8 Å². The predicted molar refractivity (Wildman–Crippen MR) is 93.9 cm³/mol. The number of nitrogens with zero attached hydrogens (tertiary/aromatic N) is 1. The van der Waals surface area contributed by atoms with Crippen LogP contribution in [0.15, 0.2) is 0 Å². The zero-order valence-electron chi connectivity index (χ0n) is 15.3. The minimum atomic E-state index is -1.62. The highest BCUT2D eigenvalue weighted by molar-refractivity contribution is 6.43. The molecule has 144 valence electrons. The lowest BCUT2D eigenvalue weighted by Crippen LogP contribution is -2.59. The van der Waals surface area contributed by atoms with Gasteiger partial charge in [-0.15, -0.1) is 0 Å². The zero-order valence-corrected chi connectivity index (χ0v) is 15.3. The van der Waals surface area contributed by atoms with Crippen molar-refractivity contribution < 1.29 is 24.7 Å². The fourth-order valence-electron chi connectivity index (χ4n) is 2.98. The van der Waals surface area contributed by atoms with Gasteiger partial charge in [-0.05, 0) is 32.6 Å². The number of aliphatic hydroxyl groups excluding tert-OH is 1. The molecule has 9 nitrogen and oxygen atoms in total. The van der Waals surface area contributed by atoms with Crippen LogP contribution in [0.25, 0.3) is 0 Å². The van der Waals surface area contributed by atoms with Crippen LogP contribution >= 0.6 is 0 Å². The predicted octanol–water partition coefficient (Wildman–Crippen LogP) is -2.23. The Morgan fingerprint density at radius 3 is 2.32 bits per heavy atom. The molecule has 2 amide bonds. The second kappa shape index (κ2) is 9.49. The Morgan fingerprint density at radius 2 is 1.84 bits per heavy atom. The molecule has 0 aromatic carbocycles. The molecule has 0 saturated carbocycles. The molecule has 0 aromatic heterocycles. The SMILES string of the molecule is CC(N)C(=O)NC(C)C(=O)N1CCCC1C(O)NC(B(O)O)C(C)C. The highest BCUT2D eigenvalue weighted by Gasteiger charge is 2.38. The molecule has 10 heteroatoms. The molecule has 0 spiro atoms. The average Bonchev–Trinajstić information content (AvgIpc) is 3.00. The molecule has 1 aliphatic heterocycles. The third-order valence-electron chi connectivity index (χ3n) is 4.49. The van der Waals surface area contributed by atoms with Crippen LogP contribution in [0, 0.1) is 5.92 Å². The van der Waals surface area contributed by atoms with E-state index in [9.17, 15) is 24.7 Å². The Kier molecular flexibility index (Phi) is 8.29. The van der Waals surface area contributed by atoms with Crippen molar-refractivity contribution in [3.63, 3.8) is 0 Å². The monoisotopic (exact) mass is 358 g/mol. The molecule has 1 fully saturated rings. The maximum absolute atomic E-state index is 12.6. The van der Waals surface area contributed by atoms with Gasteiger partial charge in [-0.25, -0.2) is 0 Å². The molecule has 1 saturated heterocycles. The standard InChI is InChI=1S/C15H31BN4O5/c1-8(2)12(16(24)25)19-14(22)11-6-5-7-20(11)15(23)10(4)18-13(21)9(3)17/h8-12,14,19,22,24-25H,5-7,17H2,1-4H3,(H,18,21). The van der Waals surface area contributed by atoms with Gasteiger partial charge in [0.25, 0.3) is 0 Å². The first-order valence-electron chi connectivity index (χ1n) is 8.73. The van der Waals surface area contributed by atoms with Crippen molar-refractivity contribution in [3.8, 4) is 0 Å². The molecule has 0 bridgehead atoms. The summed E-state index contributed by atoms with van der Waals surface area (Å²) < 4.78 is 0. The number of carbonyl (C=O) groups is 2. The summed E-state index contributed by atoms with van der Waals surface area (Å²) >= 11 is 0. The first-order valence-corrected chi connectivity index (χ1v) is 8.73. The van der Waals surface area contributed by atoms with Crippen LogP contribution in [0.5, 0.6) is 0 Å². The molecule has 0 radical (unpaired) electrons. The minimum absolute atomic E-state index is 0.121. The summed E-state index contributed by atoms with van der Waals surface area (Å²) in [6, 6.07) is -1.97. The van der Waals surface area contributed by atoms with Gasteiger partial charge in [0.05, 0.1) is 12.1 Å². The van der Waals surface area contributed by atoms with Gasteiger partial charge in [0, 0.05) is 12.5 Å². The van der Waals surface area contributed by atoms with Crippen LogP contribution in [0.4, 0.5) is 0 Å². The molecule has 1 aliphatic rings. The van der Waals surface area contributed by atoms with Crippen molar-refractivity contribution >= 4 is 18.9 Å². The highest BCUT2D eigenvalue weighted by atomic mass is 16.4. The number of amides is 2. The maximum atomic E-state index is 12.6. The number of nitrogens with two attached hydrogens (primary N) is 1. The fourth-order valence-corrected chi connectivity index (χ4v) is 2.98. The second-order valence-electron chi connectivity index (χ2n) is 7.06. The molecule has 1 rings (SSSR count). The summed E-state index contributed by atoms with van der Waals surface area (Å²) in [7, 11) is -1.62. The number of rotatable bonds is 8. The van der Waals surface area contributed by atoms with Gasteiger partial charge >= 0.3 is 7.12 Å². The van der Waals surface area contributed by atoms with Gasteiger partial charge in [0.1, 0.15) is 12.3 Å². The minimum Gasteiger partial charge on any atom is -0.426 e. The Balaban J connectivity index is 2.74. The van der Waals surface area contributed by atoms with Gasteiger partial charge in [-0.1, -0.05) is 13.8 Å². The number of carbonyl (C=O) groups excluding carboxylic acids is 2. The van der Waals surface area contributed by atoms with E-state index < -0.39 is 43.3 Å². The molecule has 0 aliphatic carbocycles. The van der Waals surface area contributed by atoms with Crippen LogP contribution in [-0.2, 0) is 9.59 Å². The molecule has 5 unspecified atom stereocenters. The van der Waals surface area contributed by atoms with Gasteiger partial charge in [-0.2, -0.15) is 0 Å². The first-order chi connectivity index (χ1) is 11.6. The third-order valence-corrected chi connectivity index (χ3v) is 4.49. The van der Waals surface area contributed by atoms with Gasteiger partial charge in [-0.3, -0.25) is 14.9 Å². The van der Waals surface area contributed by atoms with E-state index in [0.29, 0.717) is 13.0 Å². The van der Waals surface area contributed by atoms with Crippen molar-refractivity contribution in [2.45, 2.75) is 70.8 Å². The molecular weight excluding hydrogens is 327 g/mol. The Hall–Kier alpha value is -1.20. The first kappa shape index (κ1) is 21.8. The lowest BCUT2D eigenvalue weighted by molar-refractivity contribution is -0.139. The largest absolute Gasteiger partial charge is 0.469 e. The van der Waals surface area contributed by atoms with E-state index in [-0.39, 0.29) is 11.8 Å². The topological polar surface area (TPSA) is 148 Å². The molecular formula is C15H31BN4O5. The van der Waals surface area contributed by atoms with Crippen molar-refractivity contribution in [2.24, 2.45) is 11.7 Å². The Morgan fingerprint density at radius 1 is 1.24 bits per heavy atom. The number of nitrogens with one attached hydrogen (secondary N) is 2. The smallest absolute Gasteiger partial charge is 0.426 e. The van der Waals surface area contributed by atoms with Crippen molar-refractivity contribution in [3.05, 3.63) is 0 Å². The molecule has 0 aromatic rings. The van der Waals surface area contributed by atoms with Crippen molar-refractivity contribution in [1.29, 1.82) is 0 Å². The number of aliphatic hydroxyl groups is 1. The van der Waals surface area contributed by atoms with Crippen LogP contribution in [0.2, 0.25) is 0 Å². The van der Waals surface area contributed by atoms with Gasteiger partial charge < -0.3 is 31.1 Å². The summed E-state index contributed by atoms with van der Waals surface area (Å²) in [6.45, 7) is 7.17. The summed E-state index contributed by atoms with van der Waals surface area (Å²) in [5.41, 5.74) is 5.49. The lowest BCUT2D eigenvalue weighted by Gasteiger charge is -2.34. The van der Waals surface area contributed by atoms with E-state index in [0.717, 1.165) is 6.42 Å². The zero-order chi connectivity index (χ0) is 19.3. The molecule has 5 atom stereocenters. The summed E-state index contributed by atoms with van der Waals surface area (Å²) in [5.74, 6) is -1.56. The van der Waals surface area contributed by atoms with Crippen LogP contribution in [-0.4, -0.2) is 75.8 Å². The average molecular weight is 358 g/mol. The van der Waals surface area contributed by atoms with E-state index >= 15 is 0 Å². The number of hydrogen-bond acceptors (Lipinski definition) is 7. The summed E-state index contributed by atoms with van der Waals surface area (Å²) in [5, 5.41) is 34.7. The molecule has 25 heavy (non-hydrogen) atoms. The molecule has 1 heterocycles. The van der Waals surface area contributed by atoms with Crippen LogP contribution < -0.4 is 16.4 Å². The Bertz CT molecular complexity index is 455. The highest BCUT2D eigenvalue weighted by Crippen LogP contribution is 2.21. The van der Waals surface area contributed by atoms with E-state index in [1.54, 1.807) is 20.8 Å². The van der Waals surface area contributed by atoms with Crippen LogP contribution in [0.3, 0.4) is 0 Å². The normalized spacial score (nSPS) is 22.4. The third kappa shape index (κ3) is 5.93. The van der Waals surface area contributed by atoms with Gasteiger partial charge in [0.2, 0.25) is 11.8 Å². The maximum Gasteiger partial charge on any atom is 0.469 e.